The van der Waals surface area contributed by atoms with Gasteiger partial charge in [-0.15, -0.1) is 0 Å². The van der Waals surface area contributed by atoms with Gasteiger partial charge in [-0.25, -0.2) is 0 Å². The van der Waals surface area contributed by atoms with Crippen molar-refractivity contribution in [2.45, 2.75) is 69.1 Å². The number of carbonyl (C=O) groups is 2. The molecule has 1 saturated heterocycles. The minimum atomic E-state index is -0.337. The number of piperidine rings is 1. The van der Waals surface area contributed by atoms with Crippen LogP contribution < -0.4 is 9.47 Å². The highest BCUT2D eigenvalue weighted by atomic mass is 16.6. The van der Waals surface area contributed by atoms with Gasteiger partial charge in [0.2, 0.25) is 5.91 Å². The van der Waals surface area contributed by atoms with Crippen LogP contribution in [-0.4, -0.2) is 60.0 Å². The van der Waals surface area contributed by atoms with Gasteiger partial charge >= 0.3 is 5.97 Å². The van der Waals surface area contributed by atoms with Gasteiger partial charge < -0.3 is 14.4 Å². The molecule has 0 aromatic heterocycles. The summed E-state index contributed by atoms with van der Waals surface area (Å²) < 4.78 is 12.5. The van der Waals surface area contributed by atoms with E-state index in [-0.39, 0.29) is 29.4 Å². The largest absolute Gasteiger partial charge is 0.483 e. The smallest absolute Gasteiger partial charge is 0.308 e. The topological polar surface area (TPSA) is 59.1 Å². The summed E-state index contributed by atoms with van der Waals surface area (Å²) in [6.45, 7) is 3.71. The number of nitrogens with zero attached hydrogens (tertiary/aromatic N) is 2. The van der Waals surface area contributed by atoms with Crippen LogP contribution in [0, 0.1) is 11.8 Å². The van der Waals surface area contributed by atoms with Crippen LogP contribution in [0.1, 0.15) is 55.7 Å². The molecule has 0 N–H and O–H groups in total. The third kappa shape index (κ3) is 3.71. The average molecular weight is 513 g/mol. The Hall–Kier alpha value is -3.12. The van der Waals surface area contributed by atoms with Crippen molar-refractivity contribution in [1.29, 1.82) is 0 Å². The summed E-state index contributed by atoms with van der Waals surface area (Å²) in [6.07, 6.45) is 10.2. The monoisotopic (exact) mass is 512 g/mol. The summed E-state index contributed by atoms with van der Waals surface area (Å²) in [4.78, 5) is 30.0. The Kier molecular flexibility index (Phi) is 5.66. The molecule has 6 heteroatoms. The number of likely N-dealkylation sites (tertiary alicyclic amines) is 1. The van der Waals surface area contributed by atoms with E-state index < -0.39 is 0 Å². The number of amides is 1. The molecule has 7 rings (SSSR count). The average Bonchev–Trinajstić information content (AvgIpc) is 3.67. The minimum absolute atomic E-state index is 0.00720. The first-order chi connectivity index (χ1) is 18.5. The number of likely N-dealkylation sites (N-methyl/N-ethyl adjacent to an activating group) is 1. The molecule has 38 heavy (non-hydrogen) atoms. The molecular weight excluding hydrogens is 476 g/mol. The van der Waals surface area contributed by atoms with Crippen LogP contribution in [-0.2, 0) is 21.4 Å². The Morgan fingerprint density at radius 3 is 2.71 bits per heavy atom. The lowest BCUT2D eigenvalue weighted by Crippen LogP contribution is -2.69. The third-order valence-corrected chi connectivity index (χ3v) is 9.89. The van der Waals surface area contributed by atoms with Crippen molar-refractivity contribution in [3.8, 4) is 11.5 Å². The standard InChI is InChI=1S/C32H36N2O4/c1-20(35)37-27-14-11-23-18-26-24-12-13-25(33(2)28(36)15-10-21-6-4-3-5-7-21)31-32(24,29(23)30(27)38-31)16-17-34(26)19-22-8-9-22/h3-7,10-11,14-15,22,24-26,31H,8-9,12-13,16-19H2,1-2H3/t24-,25+,26+,31-,32-/m0/s1. The molecule has 0 unspecified atom stereocenters. The van der Waals surface area contributed by atoms with Crippen LogP contribution in [0.15, 0.2) is 48.5 Å². The summed E-state index contributed by atoms with van der Waals surface area (Å²) in [5.74, 6) is 2.27. The highest BCUT2D eigenvalue weighted by Crippen LogP contribution is 2.64. The number of hydrogen-bond acceptors (Lipinski definition) is 5. The number of ether oxygens (including phenoxy) is 2. The van der Waals surface area contributed by atoms with E-state index in [1.54, 1.807) is 6.08 Å². The first-order valence-corrected chi connectivity index (χ1v) is 14.2. The Balaban J connectivity index is 1.25. The summed E-state index contributed by atoms with van der Waals surface area (Å²) in [7, 11) is 1.92. The van der Waals surface area contributed by atoms with Crippen molar-refractivity contribution in [1.82, 2.24) is 9.80 Å². The van der Waals surface area contributed by atoms with Crippen LogP contribution in [0.3, 0.4) is 0 Å². The van der Waals surface area contributed by atoms with Gasteiger partial charge in [0.25, 0.3) is 0 Å². The van der Waals surface area contributed by atoms with E-state index in [1.807, 2.05) is 54.4 Å². The molecule has 2 heterocycles. The first-order valence-electron chi connectivity index (χ1n) is 14.2. The van der Waals surface area contributed by atoms with Crippen molar-refractivity contribution in [2.75, 3.05) is 20.1 Å². The van der Waals surface area contributed by atoms with Crippen LogP contribution in [0.4, 0.5) is 0 Å². The van der Waals surface area contributed by atoms with Crippen LogP contribution in [0.25, 0.3) is 6.08 Å². The molecule has 5 atom stereocenters. The Labute approximate surface area is 224 Å². The van der Waals surface area contributed by atoms with Crippen molar-refractivity contribution in [3.63, 3.8) is 0 Å². The molecule has 3 fully saturated rings. The zero-order valence-corrected chi connectivity index (χ0v) is 22.3. The molecule has 0 radical (unpaired) electrons. The first kappa shape index (κ1) is 24.0. The van der Waals surface area contributed by atoms with Crippen LogP contribution in [0.2, 0.25) is 0 Å². The van der Waals surface area contributed by atoms with E-state index in [9.17, 15) is 9.59 Å². The number of benzene rings is 2. The minimum Gasteiger partial charge on any atom is -0.483 e. The zero-order chi connectivity index (χ0) is 26.0. The fourth-order valence-electron chi connectivity index (χ4n) is 8.09. The van der Waals surface area contributed by atoms with E-state index in [1.165, 1.54) is 37.4 Å². The summed E-state index contributed by atoms with van der Waals surface area (Å²) in [5.41, 5.74) is 3.46. The second-order valence-corrected chi connectivity index (χ2v) is 12.0. The second-order valence-electron chi connectivity index (χ2n) is 12.0. The van der Waals surface area contributed by atoms with E-state index in [0.29, 0.717) is 17.7 Å². The van der Waals surface area contributed by atoms with E-state index in [2.05, 4.69) is 11.0 Å². The van der Waals surface area contributed by atoms with Gasteiger partial charge in [0, 0.05) is 43.6 Å². The molecule has 2 saturated carbocycles. The maximum Gasteiger partial charge on any atom is 0.308 e. The highest BCUT2D eigenvalue weighted by molar-refractivity contribution is 5.92. The predicted octanol–water partition coefficient (Wildman–Crippen LogP) is 4.60. The predicted molar refractivity (Wildman–Crippen MR) is 145 cm³/mol. The number of hydrogen-bond donors (Lipinski definition) is 0. The summed E-state index contributed by atoms with van der Waals surface area (Å²) in [5, 5.41) is 0. The lowest BCUT2D eigenvalue weighted by Gasteiger charge is -2.60. The lowest BCUT2D eigenvalue weighted by atomic mass is 9.51. The van der Waals surface area contributed by atoms with E-state index in [0.717, 1.165) is 49.5 Å². The van der Waals surface area contributed by atoms with Gasteiger partial charge in [0.1, 0.15) is 6.10 Å². The second kappa shape index (κ2) is 8.98. The fourth-order valence-corrected chi connectivity index (χ4v) is 8.09. The molecule has 2 aliphatic heterocycles. The molecule has 2 aromatic carbocycles. The van der Waals surface area contributed by atoms with E-state index >= 15 is 0 Å². The summed E-state index contributed by atoms with van der Waals surface area (Å²) >= 11 is 0. The van der Waals surface area contributed by atoms with Gasteiger partial charge in [0.05, 0.1) is 6.04 Å². The third-order valence-electron chi connectivity index (χ3n) is 9.89. The van der Waals surface area contributed by atoms with Crippen LogP contribution in [0.5, 0.6) is 11.5 Å². The number of carbonyl (C=O) groups excluding carboxylic acids is 2. The molecule has 5 aliphatic rings. The molecule has 1 amide bonds. The van der Waals surface area contributed by atoms with Crippen molar-refractivity contribution >= 4 is 18.0 Å². The number of esters is 1. The van der Waals surface area contributed by atoms with Gasteiger partial charge in [-0.2, -0.15) is 0 Å². The van der Waals surface area contributed by atoms with Crippen molar-refractivity contribution in [2.24, 2.45) is 11.8 Å². The van der Waals surface area contributed by atoms with Gasteiger partial charge in [-0.1, -0.05) is 36.4 Å². The van der Waals surface area contributed by atoms with E-state index in [4.69, 9.17) is 9.47 Å². The molecule has 2 aromatic rings. The number of rotatable bonds is 6. The Morgan fingerprint density at radius 2 is 1.95 bits per heavy atom. The molecule has 1 spiro atoms. The van der Waals surface area contributed by atoms with Crippen molar-refractivity contribution in [3.05, 3.63) is 65.2 Å². The molecule has 6 nitrogen and oxygen atoms in total. The highest BCUT2D eigenvalue weighted by Gasteiger charge is 2.66. The van der Waals surface area contributed by atoms with Gasteiger partial charge in [-0.05, 0) is 80.2 Å². The lowest BCUT2D eigenvalue weighted by molar-refractivity contribution is -0.135. The molecule has 198 valence electrons. The SMILES string of the molecule is CC(=O)Oc1ccc2c3c1O[C@H]1[C@H](N(C)C(=O)C=Cc4ccccc4)CC[C@H]4[C@@H](C2)N(CC2CC2)CC[C@@]341. The van der Waals surface area contributed by atoms with Gasteiger partial charge in [-0.3, -0.25) is 14.5 Å². The molecule has 3 aliphatic carbocycles. The zero-order valence-electron chi connectivity index (χ0n) is 22.3. The molecule has 2 bridgehead atoms. The Morgan fingerprint density at radius 1 is 1.13 bits per heavy atom. The molecular formula is C32H36N2O4. The quantitative estimate of drug-likeness (QED) is 0.322. The summed E-state index contributed by atoms with van der Waals surface area (Å²) in [6, 6.07) is 14.5. The Bertz CT molecular complexity index is 1300. The maximum atomic E-state index is 13.4. The van der Waals surface area contributed by atoms with Crippen molar-refractivity contribution < 1.29 is 19.1 Å². The fraction of sp³-hybridized carbons (Fsp3) is 0.500. The van der Waals surface area contributed by atoms with Crippen LogP contribution >= 0.6 is 0 Å². The maximum absolute atomic E-state index is 13.4. The normalized spacial score (nSPS) is 31.0. The van der Waals surface area contributed by atoms with Gasteiger partial charge in [0.15, 0.2) is 11.5 Å².